The number of allylic oxidation sites excluding steroid dienone is 1. The van der Waals surface area contributed by atoms with Gasteiger partial charge in [-0.25, -0.2) is 0 Å². The minimum atomic E-state index is -0.368. The van der Waals surface area contributed by atoms with Crippen molar-refractivity contribution in [3.05, 3.63) is 195 Å². The zero-order chi connectivity index (χ0) is 33.7. The molecule has 0 unspecified atom stereocenters. The van der Waals surface area contributed by atoms with Gasteiger partial charge < -0.3 is 0 Å². The minimum absolute atomic E-state index is 0.368. The Kier molecular flexibility index (Phi) is 6.32. The maximum atomic E-state index is 6.57. The smallest absolute Gasteiger partial charge is 0.0725 e. The highest BCUT2D eigenvalue weighted by Crippen LogP contribution is 2.64. The highest BCUT2D eigenvalue weighted by molar-refractivity contribution is 7.20. The van der Waals surface area contributed by atoms with Gasteiger partial charge in [0.2, 0.25) is 0 Å². The fraction of sp³-hybridized carbons (Fsp3) is 0.0612. The molecule has 3 aliphatic rings. The predicted octanol–water partition coefficient (Wildman–Crippen LogP) is 13.8. The second kappa shape index (κ2) is 11.0. The molecule has 0 bridgehead atoms. The first-order chi connectivity index (χ1) is 25.2. The Hall–Kier alpha value is -5.47. The lowest BCUT2D eigenvalue weighted by molar-refractivity contribution is 0.794. The summed E-state index contributed by atoms with van der Waals surface area (Å²) in [7, 11) is 0. The van der Waals surface area contributed by atoms with Crippen LogP contribution in [0.1, 0.15) is 39.1 Å². The van der Waals surface area contributed by atoms with E-state index in [9.17, 15) is 0 Å². The first-order valence-corrected chi connectivity index (χ1v) is 19.0. The molecule has 11 rings (SSSR count). The summed E-state index contributed by atoms with van der Waals surface area (Å²) in [6.07, 6.45) is 4.11. The van der Waals surface area contributed by atoms with Crippen LogP contribution in [0, 0.1) is 0 Å². The molecule has 7 aromatic carbocycles. The van der Waals surface area contributed by atoms with E-state index in [4.69, 9.17) is 11.6 Å². The first-order valence-electron chi connectivity index (χ1n) is 17.8. The number of hydrogen-bond acceptors (Lipinski definition) is 1. The molecule has 0 amide bonds. The van der Waals surface area contributed by atoms with Gasteiger partial charge in [0, 0.05) is 25.6 Å². The number of benzene rings is 7. The number of aryl methyl sites for hydroxylation is 1. The molecule has 2 heteroatoms. The molecule has 0 N–H and O–H groups in total. The van der Waals surface area contributed by atoms with Crippen molar-refractivity contribution >= 4 is 39.1 Å². The van der Waals surface area contributed by atoms with Crippen LogP contribution in [-0.4, -0.2) is 0 Å². The van der Waals surface area contributed by atoms with Crippen LogP contribution in [0.4, 0.5) is 0 Å². The summed E-state index contributed by atoms with van der Waals surface area (Å²) in [6.45, 7) is 0. The van der Waals surface area contributed by atoms with Crippen molar-refractivity contribution in [1.29, 1.82) is 0 Å². The van der Waals surface area contributed by atoms with Gasteiger partial charge in [-0.05, 0) is 96.8 Å². The van der Waals surface area contributed by atoms with Gasteiger partial charge in [0.15, 0.2) is 0 Å². The lowest BCUT2D eigenvalue weighted by Crippen LogP contribution is -2.25. The summed E-state index contributed by atoms with van der Waals surface area (Å²) < 4.78 is 1.34. The van der Waals surface area contributed by atoms with Crippen LogP contribution in [0.2, 0.25) is 0 Å². The third-order valence-electron chi connectivity index (χ3n) is 11.5. The number of rotatable bonds is 3. The lowest BCUT2D eigenvalue weighted by Gasteiger charge is -2.30. The van der Waals surface area contributed by atoms with Crippen molar-refractivity contribution < 1.29 is 0 Å². The number of thiophene rings is 1. The molecule has 8 aromatic rings. The molecular formula is C49H31ClS. The zero-order valence-electron chi connectivity index (χ0n) is 27.8. The van der Waals surface area contributed by atoms with Crippen LogP contribution in [0.3, 0.4) is 0 Å². The SMILES string of the molecule is ClC1=Cc2c(sc3c(-c4ccccc4-c4ccccc4-c4cccc5c4-c4ccccc4C54c5ccccc5-c5ccccc54)cccc23)CC1. The normalized spacial score (nSPS) is 14.5. The molecule has 1 heterocycles. The molecule has 0 radical (unpaired) electrons. The molecular weight excluding hydrogens is 656 g/mol. The maximum Gasteiger partial charge on any atom is 0.0725 e. The Morgan fingerprint density at radius 3 is 1.51 bits per heavy atom. The van der Waals surface area contributed by atoms with Crippen LogP contribution in [-0.2, 0) is 11.8 Å². The Morgan fingerprint density at radius 1 is 0.412 bits per heavy atom. The van der Waals surface area contributed by atoms with E-state index < -0.39 is 0 Å². The number of hydrogen-bond donors (Lipinski definition) is 0. The van der Waals surface area contributed by atoms with Gasteiger partial charge in [-0.3, -0.25) is 0 Å². The second-order valence-electron chi connectivity index (χ2n) is 13.9. The van der Waals surface area contributed by atoms with Crippen LogP contribution in [0.25, 0.3) is 71.8 Å². The van der Waals surface area contributed by atoms with E-state index in [0.717, 1.165) is 17.9 Å². The molecule has 1 aromatic heterocycles. The second-order valence-corrected chi connectivity index (χ2v) is 15.5. The monoisotopic (exact) mass is 686 g/mol. The van der Waals surface area contributed by atoms with Crippen molar-refractivity contribution in [3.8, 4) is 55.6 Å². The van der Waals surface area contributed by atoms with Gasteiger partial charge in [-0.2, -0.15) is 0 Å². The van der Waals surface area contributed by atoms with E-state index in [1.807, 2.05) is 11.3 Å². The van der Waals surface area contributed by atoms with E-state index in [-0.39, 0.29) is 5.41 Å². The van der Waals surface area contributed by atoms with Gasteiger partial charge in [0.1, 0.15) is 0 Å². The molecule has 0 aliphatic heterocycles. The van der Waals surface area contributed by atoms with Crippen LogP contribution in [0.5, 0.6) is 0 Å². The Labute approximate surface area is 307 Å². The summed E-state index contributed by atoms with van der Waals surface area (Å²) in [5.74, 6) is 0. The molecule has 0 saturated heterocycles. The van der Waals surface area contributed by atoms with Crippen LogP contribution < -0.4 is 0 Å². The molecule has 0 atom stereocenters. The summed E-state index contributed by atoms with van der Waals surface area (Å²) in [6, 6.07) is 59.0. The molecule has 0 saturated carbocycles. The van der Waals surface area contributed by atoms with Crippen molar-refractivity contribution in [2.24, 2.45) is 0 Å². The van der Waals surface area contributed by atoms with Crippen molar-refractivity contribution in [1.82, 2.24) is 0 Å². The first kappa shape index (κ1) is 29.3. The third kappa shape index (κ3) is 3.96. The molecule has 0 fully saturated rings. The van der Waals surface area contributed by atoms with Crippen LogP contribution in [0.15, 0.2) is 163 Å². The van der Waals surface area contributed by atoms with Gasteiger partial charge in [0.05, 0.1) is 5.41 Å². The summed E-state index contributed by atoms with van der Waals surface area (Å²) in [5.41, 5.74) is 19.3. The van der Waals surface area contributed by atoms with E-state index in [1.165, 1.54) is 98.4 Å². The standard InChI is InChI=1S/C49H31ClS/c50-30-27-28-46-41(29-30)39-22-11-21-38(48(39)51-46)34-16-4-2-14-32(34)31-13-1-3-15-33(31)37-20-12-26-45-47(37)40-19-7-10-25-44(40)49(45)42-23-8-5-17-35(42)36-18-6-9-24-43(36)49/h1-26,29H,27-28H2. The lowest BCUT2D eigenvalue weighted by atomic mass is 9.70. The number of halogens is 1. The molecule has 51 heavy (non-hydrogen) atoms. The topological polar surface area (TPSA) is 0 Å². The Bertz CT molecular complexity index is 2730. The maximum absolute atomic E-state index is 6.57. The summed E-state index contributed by atoms with van der Waals surface area (Å²) >= 11 is 8.50. The summed E-state index contributed by atoms with van der Waals surface area (Å²) in [4.78, 5) is 1.43. The minimum Gasteiger partial charge on any atom is -0.139 e. The van der Waals surface area contributed by atoms with Gasteiger partial charge >= 0.3 is 0 Å². The third-order valence-corrected chi connectivity index (χ3v) is 13.1. The quantitative estimate of drug-likeness (QED) is 0.173. The van der Waals surface area contributed by atoms with Crippen molar-refractivity contribution in [2.45, 2.75) is 18.3 Å². The average molecular weight is 687 g/mol. The van der Waals surface area contributed by atoms with E-state index in [2.05, 4.69) is 164 Å². The molecule has 240 valence electrons. The Morgan fingerprint density at radius 2 is 0.863 bits per heavy atom. The van der Waals surface area contributed by atoms with Gasteiger partial charge in [-0.1, -0.05) is 169 Å². The average Bonchev–Trinajstić information content (AvgIpc) is 3.82. The molecule has 1 spiro atoms. The summed E-state index contributed by atoms with van der Waals surface area (Å²) in [5, 5.41) is 2.25. The molecule has 3 aliphatic carbocycles. The molecule has 0 nitrogen and oxygen atoms in total. The fourth-order valence-corrected chi connectivity index (χ4v) is 11.0. The highest BCUT2D eigenvalue weighted by Gasteiger charge is 2.52. The fourth-order valence-electron chi connectivity index (χ4n) is 9.48. The van der Waals surface area contributed by atoms with E-state index in [1.54, 1.807) is 0 Å². The number of fused-ring (bicyclic) bond motifs is 13. The zero-order valence-corrected chi connectivity index (χ0v) is 29.4. The van der Waals surface area contributed by atoms with Crippen LogP contribution >= 0.6 is 22.9 Å². The predicted molar refractivity (Wildman–Crippen MR) is 217 cm³/mol. The largest absolute Gasteiger partial charge is 0.139 e. The van der Waals surface area contributed by atoms with E-state index >= 15 is 0 Å². The van der Waals surface area contributed by atoms with Crippen molar-refractivity contribution in [3.63, 3.8) is 0 Å². The van der Waals surface area contributed by atoms with Gasteiger partial charge in [0.25, 0.3) is 0 Å². The Balaban J connectivity index is 1.16. The highest BCUT2D eigenvalue weighted by atomic mass is 35.5. The van der Waals surface area contributed by atoms with Gasteiger partial charge in [-0.15, -0.1) is 11.3 Å². The van der Waals surface area contributed by atoms with Crippen molar-refractivity contribution in [2.75, 3.05) is 0 Å². The van der Waals surface area contributed by atoms with E-state index in [0.29, 0.717) is 0 Å².